The van der Waals surface area contributed by atoms with Gasteiger partial charge in [-0.3, -0.25) is 9.48 Å². The number of benzene rings is 1. The van der Waals surface area contributed by atoms with Gasteiger partial charge in [0.2, 0.25) is 5.91 Å². The van der Waals surface area contributed by atoms with Crippen molar-refractivity contribution in [2.75, 3.05) is 6.54 Å². The molecule has 2 aromatic rings. The summed E-state index contributed by atoms with van der Waals surface area (Å²) in [7, 11) is 1.84. The minimum absolute atomic E-state index is 0.0832. The fourth-order valence-corrected chi connectivity index (χ4v) is 2.33. The molecule has 0 saturated carbocycles. The van der Waals surface area contributed by atoms with Crippen molar-refractivity contribution in [2.24, 2.45) is 7.05 Å². The predicted molar refractivity (Wildman–Crippen MR) is 79.3 cm³/mol. The molecule has 118 valence electrons. The van der Waals surface area contributed by atoms with Crippen LogP contribution in [0.1, 0.15) is 23.2 Å². The number of hydrogen-bond donors (Lipinski definition) is 1. The van der Waals surface area contributed by atoms with Crippen molar-refractivity contribution in [3.63, 3.8) is 0 Å². The molecular weight excluding hydrogens is 288 g/mol. The minimum atomic E-state index is -0.603. The fourth-order valence-electron chi connectivity index (χ4n) is 2.33. The molecule has 1 amide bonds. The number of aryl methyl sites for hydroxylation is 3. The van der Waals surface area contributed by atoms with Crippen LogP contribution in [0.4, 0.5) is 8.78 Å². The van der Waals surface area contributed by atoms with Gasteiger partial charge < -0.3 is 5.32 Å². The van der Waals surface area contributed by atoms with Crippen molar-refractivity contribution in [3.05, 3.63) is 52.9 Å². The summed E-state index contributed by atoms with van der Waals surface area (Å²) in [6.07, 6.45) is 3.29. The molecule has 0 atom stereocenters. The number of carbonyl (C=O) groups excluding carboxylic acids is 1. The van der Waals surface area contributed by atoms with Crippen LogP contribution in [-0.4, -0.2) is 22.2 Å². The summed E-state index contributed by atoms with van der Waals surface area (Å²) >= 11 is 0. The maximum atomic E-state index is 13.0. The lowest BCUT2D eigenvalue weighted by Crippen LogP contribution is -2.26. The molecular formula is C16H19F2N3O. The lowest BCUT2D eigenvalue weighted by atomic mass is 10.1. The van der Waals surface area contributed by atoms with Gasteiger partial charge in [0.15, 0.2) is 0 Å². The number of nitrogens with one attached hydrogen (secondary N) is 1. The normalized spacial score (nSPS) is 10.7. The summed E-state index contributed by atoms with van der Waals surface area (Å²) in [5.74, 6) is -1.29. The first-order chi connectivity index (χ1) is 10.4. The van der Waals surface area contributed by atoms with Crippen LogP contribution in [0.5, 0.6) is 0 Å². The standard InChI is InChI=1S/C16H19F2N3O/c1-11-13(10-21(2)20-11)3-4-16(22)19-6-5-12-7-14(17)9-15(18)8-12/h7-10H,3-6H2,1-2H3,(H,19,22). The van der Waals surface area contributed by atoms with E-state index in [0.717, 1.165) is 17.3 Å². The lowest BCUT2D eigenvalue weighted by Gasteiger charge is -2.06. The van der Waals surface area contributed by atoms with E-state index in [-0.39, 0.29) is 5.91 Å². The Labute approximate surface area is 128 Å². The van der Waals surface area contributed by atoms with Crippen LogP contribution in [-0.2, 0) is 24.7 Å². The van der Waals surface area contributed by atoms with Crippen molar-refractivity contribution < 1.29 is 13.6 Å². The maximum Gasteiger partial charge on any atom is 0.220 e. The molecule has 0 aliphatic heterocycles. The lowest BCUT2D eigenvalue weighted by molar-refractivity contribution is -0.121. The Morgan fingerprint density at radius 1 is 1.23 bits per heavy atom. The van der Waals surface area contributed by atoms with Crippen molar-refractivity contribution in [3.8, 4) is 0 Å². The Balaban J connectivity index is 1.75. The molecule has 1 heterocycles. The molecule has 0 unspecified atom stereocenters. The van der Waals surface area contributed by atoms with Crippen LogP contribution >= 0.6 is 0 Å². The molecule has 0 bridgehead atoms. The summed E-state index contributed by atoms with van der Waals surface area (Å²) in [4.78, 5) is 11.8. The van der Waals surface area contributed by atoms with Crippen LogP contribution in [0.25, 0.3) is 0 Å². The molecule has 0 aliphatic carbocycles. The first kappa shape index (κ1) is 16.1. The van der Waals surface area contributed by atoms with Crippen molar-refractivity contribution in [2.45, 2.75) is 26.2 Å². The van der Waals surface area contributed by atoms with E-state index < -0.39 is 11.6 Å². The quantitative estimate of drug-likeness (QED) is 0.890. The third kappa shape index (κ3) is 4.65. The Morgan fingerprint density at radius 3 is 2.50 bits per heavy atom. The number of nitrogens with zero attached hydrogens (tertiary/aromatic N) is 2. The summed E-state index contributed by atoms with van der Waals surface area (Å²) in [5, 5.41) is 6.98. The number of halogens is 2. The van der Waals surface area contributed by atoms with Gasteiger partial charge in [-0.25, -0.2) is 8.78 Å². The first-order valence-corrected chi connectivity index (χ1v) is 7.15. The molecule has 1 aromatic heterocycles. The molecule has 0 radical (unpaired) electrons. The van der Waals surface area contributed by atoms with Gasteiger partial charge in [0.05, 0.1) is 5.69 Å². The van der Waals surface area contributed by atoms with Gasteiger partial charge in [-0.05, 0) is 43.0 Å². The maximum absolute atomic E-state index is 13.0. The predicted octanol–water partition coefficient (Wildman–Crippen LogP) is 2.30. The highest BCUT2D eigenvalue weighted by Crippen LogP contribution is 2.09. The summed E-state index contributed by atoms with van der Waals surface area (Å²) in [6.45, 7) is 2.26. The average Bonchev–Trinajstić information content (AvgIpc) is 2.73. The molecule has 22 heavy (non-hydrogen) atoms. The second-order valence-corrected chi connectivity index (χ2v) is 5.29. The second kappa shape index (κ2) is 7.15. The summed E-state index contributed by atoms with van der Waals surface area (Å²) < 4.78 is 27.8. The largest absolute Gasteiger partial charge is 0.356 e. The highest BCUT2D eigenvalue weighted by atomic mass is 19.1. The summed E-state index contributed by atoms with van der Waals surface area (Å²) in [6, 6.07) is 3.38. The Morgan fingerprint density at radius 2 is 1.91 bits per heavy atom. The average molecular weight is 307 g/mol. The number of amides is 1. The van der Waals surface area contributed by atoms with E-state index in [1.165, 1.54) is 12.1 Å². The third-order valence-electron chi connectivity index (χ3n) is 3.39. The Hall–Kier alpha value is -2.24. The first-order valence-electron chi connectivity index (χ1n) is 7.15. The van der Waals surface area contributed by atoms with Crippen molar-refractivity contribution in [1.82, 2.24) is 15.1 Å². The van der Waals surface area contributed by atoms with Crippen LogP contribution < -0.4 is 5.32 Å². The molecule has 6 heteroatoms. The van der Waals surface area contributed by atoms with E-state index in [1.807, 2.05) is 20.2 Å². The molecule has 2 rings (SSSR count). The van der Waals surface area contributed by atoms with E-state index in [0.29, 0.717) is 31.4 Å². The van der Waals surface area contributed by atoms with Gasteiger partial charge in [-0.1, -0.05) is 0 Å². The molecule has 1 aromatic carbocycles. The third-order valence-corrected chi connectivity index (χ3v) is 3.39. The van der Waals surface area contributed by atoms with E-state index in [4.69, 9.17) is 0 Å². The van der Waals surface area contributed by atoms with E-state index in [2.05, 4.69) is 10.4 Å². The van der Waals surface area contributed by atoms with Crippen LogP contribution in [0.2, 0.25) is 0 Å². The van der Waals surface area contributed by atoms with Gasteiger partial charge in [0, 0.05) is 32.3 Å². The monoisotopic (exact) mass is 307 g/mol. The Kier molecular flexibility index (Phi) is 5.25. The number of rotatable bonds is 6. The molecule has 0 spiro atoms. The number of hydrogen-bond acceptors (Lipinski definition) is 2. The minimum Gasteiger partial charge on any atom is -0.356 e. The van der Waals surface area contributed by atoms with Crippen molar-refractivity contribution in [1.29, 1.82) is 0 Å². The smallest absolute Gasteiger partial charge is 0.220 e. The van der Waals surface area contributed by atoms with E-state index >= 15 is 0 Å². The second-order valence-electron chi connectivity index (χ2n) is 5.29. The van der Waals surface area contributed by atoms with Gasteiger partial charge >= 0.3 is 0 Å². The zero-order valence-corrected chi connectivity index (χ0v) is 12.7. The van der Waals surface area contributed by atoms with E-state index in [1.54, 1.807) is 4.68 Å². The van der Waals surface area contributed by atoms with Crippen LogP contribution in [0.3, 0.4) is 0 Å². The topological polar surface area (TPSA) is 46.9 Å². The van der Waals surface area contributed by atoms with E-state index in [9.17, 15) is 13.6 Å². The molecule has 1 N–H and O–H groups in total. The van der Waals surface area contributed by atoms with Crippen LogP contribution in [0, 0.1) is 18.6 Å². The SMILES string of the molecule is Cc1nn(C)cc1CCC(=O)NCCc1cc(F)cc(F)c1. The van der Waals surface area contributed by atoms with Gasteiger partial charge in [-0.15, -0.1) is 0 Å². The van der Waals surface area contributed by atoms with Crippen LogP contribution in [0.15, 0.2) is 24.4 Å². The van der Waals surface area contributed by atoms with Gasteiger partial charge in [0.1, 0.15) is 11.6 Å². The number of aromatic nitrogens is 2. The van der Waals surface area contributed by atoms with Gasteiger partial charge in [-0.2, -0.15) is 5.10 Å². The van der Waals surface area contributed by atoms with Crippen molar-refractivity contribution >= 4 is 5.91 Å². The molecule has 0 fully saturated rings. The molecule has 0 saturated heterocycles. The Bertz CT molecular complexity index is 647. The molecule has 4 nitrogen and oxygen atoms in total. The summed E-state index contributed by atoms with van der Waals surface area (Å²) in [5.41, 5.74) is 2.50. The molecule has 0 aliphatic rings. The zero-order valence-electron chi connectivity index (χ0n) is 12.7. The van der Waals surface area contributed by atoms with Gasteiger partial charge in [0.25, 0.3) is 0 Å². The highest BCUT2D eigenvalue weighted by Gasteiger charge is 2.07. The fraction of sp³-hybridized carbons (Fsp3) is 0.375. The number of carbonyl (C=O) groups is 1. The highest BCUT2D eigenvalue weighted by molar-refractivity contribution is 5.76. The zero-order chi connectivity index (χ0) is 16.1.